The molecule has 0 saturated carbocycles. The van der Waals surface area contributed by atoms with Gasteiger partial charge in [-0.25, -0.2) is 9.37 Å². The van der Waals surface area contributed by atoms with Crippen molar-refractivity contribution in [2.24, 2.45) is 0 Å². The summed E-state index contributed by atoms with van der Waals surface area (Å²) < 4.78 is 15.5. The van der Waals surface area contributed by atoms with Crippen LogP contribution in [-0.4, -0.2) is 9.55 Å². The minimum Gasteiger partial charge on any atom is -0.383 e. The molecule has 2 rings (SSSR count). The number of benzene rings is 1. The molecule has 0 saturated heterocycles. The first-order valence-corrected chi connectivity index (χ1v) is 6.65. The van der Waals surface area contributed by atoms with Crippen molar-refractivity contribution in [3.8, 4) is 11.3 Å². The Kier molecular flexibility index (Phi) is 3.80. The minimum atomic E-state index is -0.462. The van der Waals surface area contributed by atoms with Gasteiger partial charge in [0, 0.05) is 18.0 Å². The number of halogens is 2. The minimum absolute atomic E-state index is 0.0985. The second-order valence-electron chi connectivity index (χ2n) is 4.71. The Bertz CT molecular complexity index is 605. The Morgan fingerprint density at radius 2 is 2.11 bits per heavy atom. The number of nitrogens with zero attached hydrogens (tertiary/aromatic N) is 2. The lowest BCUT2D eigenvalue weighted by molar-refractivity contribution is 0.579. The summed E-state index contributed by atoms with van der Waals surface area (Å²) in [6.45, 7) is 6.11. The van der Waals surface area contributed by atoms with E-state index in [2.05, 4.69) is 4.98 Å². The molecular weight excluding hydrogens is 265 g/mol. The number of hydrogen-bond acceptors (Lipinski definition) is 2. The van der Waals surface area contributed by atoms with Crippen LogP contribution in [0.3, 0.4) is 0 Å². The zero-order chi connectivity index (χ0) is 14.2. The van der Waals surface area contributed by atoms with Crippen molar-refractivity contribution < 1.29 is 4.39 Å². The van der Waals surface area contributed by atoms with E-state index in [1.54, 1.807) is 6.07 Å². The van der Waals surface area contributed by atoms with Crippen LogP contribution in [0.5, 0.6) is 0 Å². The van der Waals surface area contributed by atoms with Crippen LogP contribution in [-0.2, 0) is 6.42 Å². The van der Waals surface area contributed by atoms with Gasteiger partial charge in [0.25, 0.3) is 0 Å². The third kappa shape index (κ3) is 2.45. The number of rotatable bonds is 3. The van der Waals surface area contributed by atoms with E-state index in [0.29, 0.717) is 17.1 Å². The van der Waals surface area contributed by atoms with Crippen LogP contribution in [0.1, 0.15) is 32.6 Å². The largest absolute Gasteiger partial charge is 0.383 e. The third-order valence-electron chi connectivity index (χ3n) is 3.05. The molecule has 0 radical (unpaired) electrons. The first-order valence-electron chi connectivity index (χ1n) is 6.27. The molecule has 1 aromatic heterocycles. The van der Waals surface area contributed by atoms with E-state index in [9.17, 15) is 4.39 Å². The quantitative estimate of drug-likeness (QED) is 0.922. The summed E-state index contributed by atoms with van der Waals surface area (Å²) in [4.78, 5) is 4.52. The summed E-state index contributed by atoms with van der Waals surface area (Å²) >= 11 is 5.69. The predicted octanol–water partition coefficient (Wildman–Crippen LogP) is 4.07. The smallest absolute Gasteiger partial charge is 0.142 e. The van der Waals surface area contributed by atoms with Crippen molar-refractivity contribution in [2.45, 2.75) is 33.2 Å². The Morgan fingerprint density at radius 1 is 1.42 bits per heavy atom. The average molecular weight is 282 g/mol. The molecule has 0 spiro atoms. The first-order chi connectivity index (χ1) is 8.95. The predicted molar refractivity (Wildman–Crippen MR) is 76.8 cm³/mol. The standard InChI is InChI=1S/C14H17ClFN3/c1-4-12-18-13(14(17)19(12)8(2)3)9-5-6-10(15)11(16)7-9/h5-8H,4,17H2,1-3H3. The van der Waals surface area contributed by atoms with Gasteiger partial charge < -0.3 is 10.3 Å². The number of anilines is 1. The molecule has 1 heterocycles. The van der Waals surface area contributed by atoms with E-state index in [4.69, 9.17) is 17.3 Å². The number of aromatic nitrogens is 2. The number of hydrogen-bond donors (Lipinski definition) is 1. The van der Waals surface area contributed by atoms with Gasteiger partial charge in [-0.15, -0.1) is 0 Å². The summed E-state index contributed by atoms with van der Waals surface area (Å²) in [5.41, 5.74) is 7.40. The molecule has 2 N–H and O–H groups in total. The first kappa shape index (κ1) is 13.9. The maximum atomic E-state index is 13.5. The molecule has 102 valence electrons. The number of nitrogen functional groups attached to an aromatic ring is 1. The molecule has 0 aliphatic rings. The lowest BCUT2D eigenvalue weighted by Crippen LogP contribution is -2.08. The van der Waals surface area contributed by atoms with E-state index in [1.165, 1.54) is 12.1 Å². The molecule has 19 heavy (non-hydrogen) atoms. The molecule has 2 aromatic rings. The molecule has 5 heteroatoms. The molecular formula is C14H17ClFN3. The fourth-order valence-electron chi connectivity index (χ4n) is 2.17. The van der Waals surface area contributed by atoms with E-state index in [1.807, 2.05) is 25.3 Å². The van der Waals surface area contributed by atoms with Crippen LogP contribution in [0.4, 0.5) is 10.2 Å². The van der Waals surface area contributed by atoms with Gasteiger partial charge in [0.1, 0.15) is 23.2 Å². The second kappa shape index (κ2) is 5.21. The Balaban J connectivity index is 2.59. The molecule has 0 bridgehead atoms. The van der Waals surface area contributed by atoms with Gasteiger partial charge in [0.15, 0.2) is 0 Å². The fourth-order valence-corrected chi connectivity index (χ4v) is 2.29. The van der Waals surface area contributed by atoms with Crippen LogP contribution in [0.25, 0.3) is 11.3 Å². The van der Waals surface area contributed by atoms with Crippen LogP contribution >= 0.6 is 11.6 Å². The maximum Gasteiger partial charge on any atom is 0.142 e. The number of imidazole rings is 1. The second-order valence-corrected chi connectivity index (χ2v) is 5.12. The highest BCUT2D eigenvalue weighted by molar-refractivity contribution is 6.30. The van der Waals surface area contributed by atoms with E-state index in [0.717, 1.165) is 12.2 Å². The molecule has 3 nitrogen and oxygen atoms in total. The summed E-state index contributed by atoms with van der Waals surface area (Å²) in [5.74, 6) is 1.00. The Labute approximate surface area is 117 Å². The highest BCUT2D eigenvalue weighted by atomic mass is 35.5. The number of aryl methyl sites for hydroxylation is 1. The highest BCUT2D eigenvalue weighted by Crippen LogP contribution is 2.31. The van der Waals surface area contributed by atoms with Crippen LogP contribution in [0, 0.1) is 5.82 Å². The topological polar surface area (TPSA) is 43.8 Å². The highest BCUT2D eigenvalue weighted by Gasteiger charge is 2.17. The number of nitrogens with two attached hydrogens (primary N) is 1. The lowest BCUT2D eigenvalue weighted by Gasteiger charge is -2.12. The zero-order valence-corrected chi connectivity index (χ0v) is 12.0. The molecule has 0 amide bonds. The van der Waals surface area contributed by atoms with Crippen molar-refractivity contribution in [1.82, 2.24) is 9.55 Å². The van der Waals surface area contributed by atoms with Crippen LogP contribution in [0.15, 0.2) is 18.2 Å². The summed E-state index contributed by atoms with van der Waals surface area (Å²) in [5, 5.41) is 0.0985. The lowest BCUT2D eigenvalue weighted by atomic mass is 10.1. The molecule has 0 fully saturated rings. The Morgan fingerprint density at radius 3 is 2.58 bits per heavy atom. The summed E-state index contributed by atoms with van der Waals surface area (Å²) in [6, 6.07) is 4.83. The van der Waals surface area contributed by atoms with Crippen molar-refractivity contribution in [2.75, 3.05) is 5.73 Å². The normalized spacial score (nSPS) is 11.3. The van der Waals surface area contributed by atoms with Crippen molar-refractivity contribution in [1.29, 1.82) is 0 Å². The van der Waals surface area contributed by atoms with E-state index >= 15 is 0 Å². The zero-order valence-electron chi connectivity index (χ0n) is 11.2. The van der Waals surface area contributed by atoms with Crippen molar-refractivity contribution in [3.63, 3.8) is 0 Å². The van der Waals surface area contributed by atoms with Crippen LogP contribution in [0.2, 0.25) is 5.02 Å². The van der Waals surface area contributed by atoms with E-state index in [-0.39, 0.29) is 11.1 Å². The molecule has 1 aromatic carbocycles. The van der Waals surface area contributed by atoms with Gasteiger partial charge in [0.05, 0.1) is 5.02 Å². The molecule has 0 aliphatic carbocycles. The fraction of sp³-hybridized carbons (Fsp3) is 0.357. The van der Waals surface area contributed by atoms with Gasteiger partial charge in [-0.05, 0) is 26.0 Å². The molecule has 0 unspecified atom stereocenters. The van der Waals surface area contributed by atoms with E-state index < -0.39 is 5.82 Å². The summed E-state index contributed by atoms with van der Waals surface area (Å²) in [6.07, 6.45) is 0.776. The van der Waals surface area contributed by atoms with Gasteiger partial charge in [-0.2, -0.15) is 0 Å². The third-order valence-corrected chi connectivity index (χ3v) is 3.35. The molecule has 0 aliphatic heterocycles. The SMILES string of the molecule is CCc1nc(-c2ccc(Cl)c(F)c2)c(N)n1C(C)C. The van der Waals surface area contributed by atoms with Crippen LogP contribution < -0.4 is 5.73 Å². The monoisotopic (exact) mass is 281 g/mol. The average Bonchev–Trinajstić information content (AvgIpc) is 2.70. The van der Waals surface area contributed by atoms with Gasteiger partial charge in [-0.3, -0.25) is 0 Å². The maximum absolute atomic E-state index is 13.5. The van der Waals surface area contributed by atoms with Crippen molar-refractivity contribution >= 4 is 17.4 Å². The summed E-state index contributed by atoms with van der Waals surface area (Å²) in [7, 11) is 0. The van der Waals surface area contributed by atoms with Gasteiger partial charge >= 0.3 is 0 Å². The van der Waals surface area contributed by atoms with Crippen molar-refractivity contribution in [3.05, 3.63) is 34.9 Å². The molecule has 0 atom stereocenters. The van der Waals surface area contributed by atoms with Gasteiger partial charge in [0.2, 0.25) is 0 Å². The Hall–Kier alpha value is -1.55. The van der Waals surface area contributed by atoms with Gasteiger partial charge in [-0.1, -0.05) is 24.6 Å².